The summed E-state index contributed by atoms with van der Waals surface area (Å²) in [4.78, 5) is 11.6. The number of carbonyl (C=O) groups is 1. The Morgan fingerprint density at radius 2 is 2.11 bits per heavy atom. The van der Waals surface area contributed by atoms with E-state index in [1.807, 2.05) is 6.08 Å². The molecule has 0 aliphatic carbocycles. The van der Waals surface area contributed by atoms with E-state index in [2.05, 4.69) is 45.8 Å². The van der Waals surface area contributed by atoms with E-state index in [0.717, 1.165) is 12.2 Å². The minimum atomic E-state index is -1.68. The molecule has 0 unspecified atom stereocenters. The fourth-order valence-corrected chi connectivity index (χ4v) is 3.75. The molecular formula is C14H27NO2SSi. The van der Waals surface area contributed by atoms with Crippen LogP contribution in [0.5, 0.6) is 0 Å². The summed E-state index contributed by atoms with van der Waals surface area (Å²) in [5, 5.41) is 3.41. The highest BCUT2D eigenvalue weighted by molar-refractivity contribution is 8.00. The van der Waals surface area contributed by atoms with E-state index in [1.54, 1.807) is 11.8 Å². The van der Waals surface area contributed by atoms with Crippen molar-refractivity contribution < 1.29 is 9.22 Å². The van der Waals surface area contributed by atoms with Crippen molar-refractivity contribution in [3.63, 3.8) is 0 Å². The normalized spacial score (nSPS) is 23.7. The van der Waals surface area contributed by atoms with Crippen molar-refractivity contribution in [3.8, 4) is 0 Å². The molecule has 3 nitrogen and oxygen atoms in total. The molecule has 0 aromatic rings. The highest BCUT2D eigenvalue weighted by Gasteiger charge is 2.41. The number of hydrogen-bond donors (Lipinski definition) is 1. The molecular weight excluding hydrogens is 274 g/mol. The quantitative estimate of drug-likeness (QED) is 0.445. The topological polar surface area (TPSA) is 38.3 Å². The lowest BCUT2D eigenvalue weighted by Crippen LogP contribution is -2.56. The van der Waals surface area contributed by atoms with Gasteiger partial charge in [-0.25, -0.2) is 0 Å². The van der Waals surface area contributed by atoms with Crippen LogP contribution in [-0.2, 0) is 9.22 Å². The van der Waals surface area contributed by atoms with Gasteiger partial charge in [-0.2, -0.15) is 0 Å². The summed E-state index contributed by atoms with van der Waals surface area (Å²) in [5.74, 6) is 1.15. The van der Waals surface area contributed by atoms with Gasteiger partial charge >= 0.3 is 0 Å². The number of carbonyl (C=O) groups excluding carboxylic acids is 1. The summed E-state index contributed by atoms with van der Waals surface area (Å²) in [7, 11) is -1.68. The van der Waals surface area contributed by atoms with E-state index >= 15 is 0 Å². The molecule has 1 aliphatic heterocycles. The lowest BCUT2D eigenvalue weighted by atomic mass is 9.98. The molecule has 1 rings (SSSR count). The van der Waals surface area contributed by atoms with Crippen LogP contribution in [0.3, 0.4) is 0 Å². The molecule has 0 saturated carbocycles. The number of hydrogen-bond acceptors (Lipinski definition) is 3. The fourth-order valence-electron chi connectivity index (χ4n) is 1.66. The van der Waals surface area contributed by atoms with Crippen LogP contribution in [-0.4, -0.2) is 32.0 Å². The van der Waals surface area contributed by atoms with Crippen LogP contribution in [0.15, 0.2) is 12.7 Å². The summed E-state index contributed by atoms with van der Waals surface area (Å²) in [6, 6.07) is 0. The average molecular weight is 302 g/mol. The van der Waals surface area contributed by atoms with Gasteiger partial charge in [0.2, 0.25) is 5.91 Å². The van der Waals surface area contributed by atoms with E-state index < -0.39 is 8.32 Å². The van der Waals surface area contributed by atoms with Gasteiger partial charge in [-0.15, -0.1) is 18.3 Å². The van der Waals surface area contributed by atoms with Crippen LogP contribution >= 0.6 is 11.8 Å². The monoisotopic (exact) mass is 301 g/mol. The summed E-state index contributed by atoms with van der Waals surface area (Å²) in [5.41, 5.74) is 0. The predicted octanol–water partition coefficient (Wildman–Crippen LogP) is 3.39. The summed E-state index contributed by atoms with van der Waals surface area (Å²) in [6.07, 6.45) is 2.70. The molecule has 1 amide bonds. The van der Waals surface area contributed by atoms with E-state index in [1.165, 1.54) is 0 Å². The Hall–Kier alpha value is -0.263. The van der Waals surface area contributed by atoms with Gasteiger partial charge in [0.1, 0.15) is 0 Å². The summed E-state index contributed by atoms with van der Waals surface area (Å²) in [6.45, 7) is 15.6. The van der Waals surface area contributed by atoms with E-state index in [-0.39, 0.29) is 22.2 Å². The maximum atomic E-state index is 11.6. The standard InChI is InChI=1S/C14H27NO2SSi/c1-7-10-18-13-11(12(16)15-13)8-9-17-19(5,6)14(2,3)4/h7,11,13H,1,8-10H2,2-6H3,(H,15,16)/t11-,13+/m0/s1. The van der Waals surface area contributed by atoms with Crippen molar-refractivity contribution in [1.82, 2.24) is 5.32 Å². The first kappa shape index (κ1) is 16.8. The minimum Gasteiger partial charge on any atom is -0.417 e. The number of β-lactam (4-membered cyclic amide) rings is 1. The average Bonchev–Trinajstić information content (AvgIpc) is 2.28. The Kier molecular flexibility index (Phi) is 5.71. The Balaban J connectivity index is 2.36. The molecule has 5 heteroatoms. The molecule has 0 bridgehead atoms. The summed E-state index contributed by atoms with van der Waals surface area (Å²) >= 11 is 1.74. The van der Waals surface area contributed by atoms with Crippen molar-refractivity contribution >= 4 is 26.0 Å². The molecule has 19 heavy (non-hydrogen) atoms. The molecule has 1 fully saturated rings. The number of amides is 1. The van der Waals surface area contributed by atoms with E-state index in [0.29, 0.717) is 6.61 Å². The molecule has 0 spiro atoms. The highest BCUT2D eigenvalue weighted by atomic mass is 32.2. The third kappa shape index (κ3) is 4.36. The largest absolute Gasteiger partial charge is 0.417 e. The first-order valence-corrected chi connectivity index (χ1v) is 10.8. The number of thioether (sulfide) groups is 1. The van der Waals surface area contributed by atoms with Crippen LogP contribution in [0.4, 0.5) is 0 Å². The van der Waals surface area contributed by atoms with Gasteiger partial charge < -0.3 is 9.74 Å². The van der Waals surface area contributed by atoms with Crippen molar-refractivity contribution in [3.05, 3.63) is 12.7 Å². The second-order valence-corrected chi connectivity index (χ2v) is 12.5. The molecule has 1 N–H and O–H groups in total. The third-order valence-corrected chi connectivity index (χ3v) is 9.85. The Morgan fingerprint density at radius 1 is 1.47 bits per heavy atom. The van der Waals surface area contributed by atoms with Gasteiger partial charge in [-0.1, -0.05) is 26.8 Å². The zero-order valence-electron chi connectivity index (χ0n) is 12.8. The SMILES string of the molecule is C=CCS[C@H]1NC(=O)[C@@H]1CCO[Si](C)(C)C(C)(C)C. The Morgan fingerprint density at radius 3 is 2.58 bits per heavy atom. The molecule has 110 valence electrons. The first-order valence-electron chi connectivity index (χ1n) is 6.86. The maximum absolute atomic E-state index is 11.6. The zero-order valence-corrected chi connectivity index (χ0v) is 14.6. The van der Waals surface area contributed by atoms with Crippen molar-refractivity contribution in [1.29, 1.82) is 0 Å². The van der Waals surface area contributed by atoms with Gasteiger partial charge in [-0.05, 0) is 24.6 Å². The lowest BCUT2D eigenvalue weighted by Gasteiger charge is -2.39. The predicted molar refractivity (Wildman–Crippen MR) is 85.8 cm³/mol. The molecule has 1 heterocycles. The van der Waals surface area contributed by atoms with Crippen LogP contribution < -0.4 is 5.32 Å². The third-order valence-electron chi connectivity index (χ3n) is 4.08. The van der Waals surface area contributed by atoms with Gasteiger partial charge in [0.05, 0.1) is 11.3 Å². The van der Waals surface area contributed by atoms with Crippen molar-refractivity contribution in [2.75, 3.05) is 12.4 Å². The minimum absolute atomic E-state index is 0.106. The molecule has 0 aromatic heterocycles. The fraction of sp³-hybridized carbons (Fsp3) is 0.786. The molecule has 0 radical (unpaired) electrons. The molecule has 0 aromatic carbocycles. The van der Waals surface area contributed by atoms with Gasteiger partial charge in [-0.3, -0.25) is 4.79 Å². The van der Waals surface area contributed by atoms with Crippen molar-refractivity contribution in [2.24, 2.45) is 5.92 Å². The van der Waals surface area contributed by atoms with Gasteiger partial charge in [0.25, 0.3) is 0 Å². The number of rotatable bonds is 7. The zero-order chi connectivity index (χ0) is 14.7. The first-order chi connectivity index (χ1) is 8.69. The highest BCUT2D eigenvalue weighted by Crippen LogP contribution is 2.37. The van der Waals surface area contributed by atoms with E-state index in [4.69, 9.17) is 4.43 Å². The number of nitrogens with one attached hydrogen (secondary N) is 1. The molecule has 1 aliphatic rings. The van der Waals surface area contributed by atoms with Crippen LogP contribution in [0, 0.1) is 5.92 Å². The second kappa shape index (κ2) is 6.46. The van der Waals surface area contributed by atoms with Gasteiger partial charge in [0, 0.05) is 12.4 Å². The Labute approximate surface area is 122 Å². The smallest absolute Gasteiger partial charge is 0.227 e. The van der Waals surface area contributed by atoms with Crippen LogP contribution in [0.1, 0.15) is 27.2 Å². The Bertz CT molecular complexity index is 339. The summed E-state index contributed by atoms with van der Waals surface area (Å²) < 4.78 is 6.13. The van der Waals surface area contributed by atoms with Crippen molar-refractivity contribution in [2.45, 2.75) is 50.7 Å². The molecule has 2 atom stereocenters. The maximum Gasteiger partial charge on any atom is 0.227 e. The van der Waals surface area contributed by atoms with E-state index in [9.17, 15) is 4.79 Å². The van der Waals surface area contributed by atoms with Gasteiger partial charge in [0.15, 0.2) is 8.32 Å². The van der Waals surface area contributed by atoms with Crippen LogP contribution in [0.2, 0.25) is 18.1 Å². The lowest BCUT2D eigenvalue weighted by molar-refractivity contribution is -0.132. The second-order valence-electron chi connectivity index (χ2n) is 6.56. The van der Waals surface area contributed by atoms with Crippen LogP contribution in [0.25, 0.3) is 0 Å². The molecule has 1 saturated heterocycles.